The lowest BCUT2D eigenvalue weighted by molar-refractivity contribution is -0.155. The van der Waals surface area contributed by atoms with Crippen LogP contribution in [0.15, 0.2) is 30.3 Å². The van der Waals surface area contributed by atoms with Crippen molar-refractivity contribution in [3.8, 4) is 0 Å². The van der Waals surface area contributed by atoms with Crippen LogP contribution in [-0.4, -0.2) is 60.2 Å². The van der Waals surface area contributed by atoms with Crippen LogP contribution in [0.4, 0.5) is 0 Å². The van der Waals surface area contributed by atoms with E-state index in [1.807, 2.05) is 25.1 Å². The van der Waals surface area contributed by atoms with Crippen molar-refractivity contribution in [3.63, 3.8) is 0 Å². The molecule has 3 atom stereocenters. The summed E-state index contributed by atoms with van der Waals surface area (Å²) in [4.78, 5) is 29.4. The summed E-state index contributed by atoms with van der Waals surface area (Å²) in [5.41, 5.74) is 0.406. The van der Waals surface area contributed by atoms with Gasteiger partial charge >= 0.3 is 11.9 Å². The Morgan fingerprint density at radius 2 is 1.96 bits per heavy atom. The third kappa shape index (κ3) is 3.16. The number of ether oxygens (including phenoxy) is 2. The maximum atomic E-state index is 12.6. The molecular formula is C19H26N2O4. The molecule has 6 heteroatoms. The van der Waals surface area contributed by atoms with Crippen LogP contribution in [0.5, 0.6) is 0 Å². The normalized spacial score (nSPS) is 29.4. The number of nitrogens with zero attached hydrogens (tertiary/aromatic N) is 2. The van der Waals surface area contributed by atoms with Gasteiger partial charge in [-0.2, -0.15) is 0 Å². The molecule has 136 valence electrons. The van der Waals surface area contributed by atoms with E-state index in [2.05, 4.69) is 21.9 Å². The van der Waals surface area contributed by atoms with Gasteiger partial charge in [0.1, 0.15) is 5.54 Å². The zero-order valence-electron chi connectivity index (χ0n) is 15.1. The van der Waals surface area contributed by atoms with Crippen molar-refractivity contribution in [2.24, 2.45) is 5.92 Å². The van der Waals surface area contributed by atoms with Crippen LogP contribution in [0.25, 0.3) is 0 Å². The molecule has 0 aromatic heterocycles. The van der Waals surface area contributed by atoms with Gasteiger partial charge < -0.3 is 9.47 Å². The maximum Gasteiger partial charge on any atom is 0.326 e. The molecule has 2 aliphatic rings. The van der Waals surface area contributed by atoms with Crippen LogP contribution >= 0.6 is 0 Å². The van der Waals surface area contributed by atoms with Gasteiger partial charge in [-0.05, 0) is 25.8 Å². The Balaban J connectivity index is 1.87. The van der Waals surface area contributed by atoms with Gasteiger partial charge in [0.25, 0.3) is 0 Å². The van der Waals surface area contributed by atoms with Crippen molar-refractivity contribution in [2.45, 2.75) is 38.5 Å². The predicted molar refractivity (Wildman–Crippen MR) is 92.5 cm³/mol. The molecule has 0 radical (unpaired) electrons. The molecular weight excluding hydrogens is 320 g/mol. The lowest BCUT2D eigenvalue weighted by Crippen LogP contribution is -2.51. The molecule has 0 amide bonds. The fourth-order valence-electron chi connectivity index (χ4n) is 4.19. The zero-order chi connectivity index (χ0) is 18.0. The molecule has 1 aromatic carbocycles. The third-order valence-electron chi connectivity index (χ3n) is 5.38. The summed E-state index contributed by atoms with van der Waals surface area (Å²) >= 11 is 0. The first-order valence-corrected chi connectivity index (χ1v) is 8.81. The van der Waals surface area contributed by atoms with Gasteiger partial charge in [-0.1, -0.05) is 30.3 Å². The lowest BCUT2D eigenvalue weighted by Gasteiger charge is -2.33. The van der Waals surface area contributed by atoms with Crippen molar-refractivity contribution in [3.05, 3.63) is 35.9 Å². The number of hydrogen-bond donors (Lipinski definition) is 0. The van der Waals surface area contributed by atoms with Gasteiger partial charge in [-0.3, -0.25) is 19.4 Å². The van der Waals surface area contributed by atoms with Crippen molar-refractivity contribution in [2.75, 3.05) is 26.8 Å². The van der Waals surface area contributed by atoms with E-state index in [1.165, 1.54) is 12.7 Å². The SMILES string of the molecule is CCOC(=O)C1(C)CC(C(=O)OC)C2N(Cc3ccccc3)CCN21. The fraction of sp³-hybridized carbons (Fsp3) is 0.579. The Labute approximate surface area is 148 Å². The number of benzene rings is 1. The van der Waals surface area contributed by atoms with Gasteiger partial charge in [-0.25, -0.2) is 0 Å². The number of hydrogen-bond acceptors (Lipinski definition) is 6. The summed E-state index contributed by atoms with van der Waals surface area (Å²) < 4.78 is 10.3. The molecule has 2 saturated heterocycles. The summed E-state index contributed by atoms with van der Waals surface area (Å²) in [6, 6.07) is 10.2. The van der Waals surface area contributed by atoms with E-state index >= 15 is 0 Å². The molecule has 0 saturated carbocycles. The van der Waals surface area contributed by atoms with Gasteiger partial charge in [0.15, 0.2) is 0 Å². The minimum absolute atomic E-state index is 0.137. The number of carbonyl (C=O) groups excluding carboxylic acids is 2. The molecule has 2 aliphatic heterocycles. The number of esters is 2. The maximum absolute atomic E-state index is 12.6. The minimum Gasteiger partial charge on any atom is -0.469 e. The number of rotatable bonds is 5. The van der Waals surface area contributed by atoms with Crippen LogP contribution in [0.2, 0.25) is 0 Å². The average Bonchev–Trinajstić information content (AvgIpc) is 3.16. The molecule has 3 unspecified atom stereocenters. The molecule has 25 heavy (non-hydrogen) atoms. The van der Waals surface area contributed by atoms with Crippen LogP contribution < -0.4 is 0 Å². The Morgan fingerprint density at radius 3 is 2.60 bits per heavy atom. The highest BCUT2D eigenvalue weighted by molar-refractivity contribution is 5.84. The largest absolute Gasteiger partial charge is 0.469 e. The predicted octanol–water partition coefficient (Wildman–Crippen LogP) is 1.64. The second-order valence-corrected chi connectivity index (χ2v) is 6.89. The summed E-state index contributed by atoms with van der Waals surface area (Å²) in [7, 11) is 1.41. The molecule has 0 aliphatic carbocycles. The standard InChI is InChI=1S/C19H26N2O4/c1-4-25-18(23)19(2)12-15(17(22)24-3)16-20(10-11-21(16)19)13-14-8-6-5-7-9-14/h5-9,15-16H,4,10-13H2,1-3H3. The second kappa shape index (κ2) is 7.14. The topological polar surface area (TPSA) is 59.1 Å². The summed E-state index contributed by atoms with van der Waals surface area (Å²) in [5, 5.41) is 0. The fourth-order valence-corrected chi connectivity index (χ4v) is 4.19. The quantitative estimate of drug-likeness (QED) is 0.756. The third-order valence-corrected chi connectivity index (χ3v) is 5.38. The Hall–Kier alpha value is -1.92. The molecule has 6 nitrogen and oxygen atoms in total. The van der Waals surface area contributed by atoms with Gasteiger partial charge in [0.2, 0.25) is 0 Å². The first-order valence-electron chi connectivity index (χ1n) is 8.81. The van der Waals surface area contributed by atoms with E-state index in [0.29, 0.717) is 13.0 Å². The summed E-state index contributed by atoms with van der Waals surface area (Å²) in [5.74, 6) is -0.874. The Bertz CT molecular complexity index is 636. The lowest BCUT2D eigenvalue weighted by atomic mass is 9.93. The highest BCUT2D eigenvalue weighted by Gasteiger charge is 2.60. The molecule has 2 heterocycles. The van der Waals surface area contributed by atoms with E-state index in [1.54, 1.807) is 6.92 Å². The molecule has 0 bridgehead atoms. The van der Waals surface area contributed by atoms with Crippen LogP contribution in [0.3, 0.4) is 0 Å². The van der Waals surface area contributed by atoms with Crippen molar-refractivity contribution < 1.29 is 19.1 Å². The van der Waals surface area contributed by atoms with Crippen molar-refractivity contribution in [1.29, 1.82) is 0 Å². The van der Waals surface area contributed by atoms with E-state index in [-0.39, 0.29) is 24.0 Å². The smallest absolute Gasteiger partial charge is 0.326 e. The van der Waals surface area contributed by atoms with E-state index < -0.39 is 5.54 Å². The monoisotopic (exact) mass is 346 g/mol. The van der Waals surface area contributed by atoms with E-state index in [0.717, 1.165) is 19.6 Å². The van der Waals surface area contributed by atoms with Crippen molar-refractivity contribution >= 4 is 11.9 Å². The Kier molecular flexibility index (Phi) is 5.11. The number of carbonyl (C=O) groups is 2. The molecule has 0 N–H and O–H groups in total. The van der Waals surface area contributed by atoms with Crippen LogP contribution in [0, 0.1) is 5.92 Å². The number of fused-ring (bicyclic) bond motifs is 1. The Morgan fingerprint density at radius 1 is 1.24 bits per heavy atom. The highest BCUT2D eigenvalue weighted by atomic mass is 16.5. The number of methoxy groups -OCH3 is 1. The highest BCUT2D eigenvalue weighted by Crippen LogP contribution is 2.44. The first-order chi connectivity index (χ1) is 12.0. The second-order valence-electron chi connectivity index (χ2n) is 6.89. The molecule has 2 fully saturated rings. The first kappa shape index (κ1) is 17.9. The molecule has 3 rings (SSSR count). The van der Waals surface area contributed by atoms with E-state index in [4.69, 9.17) is 9.47 Å². The van der Waals surface area contributed by atoms with E-state index in [9.17, 15) is 9.59 Å². The van der Waals surface area contributed by atoms with Gasteiger partial charge in [0, 0.05) is 19.6 Å². The summed E-state index contributed by atoms with van der Waals surface area (Å²) in [6.45, 7) is 6.31. The average molecular weight is 346 g/mol. The zero-order valence-corrected chi connectivity index (χ0v) is 15.1. The minimum atomic E-state index is -0.787. The molecule has 0 spiro atoms. The van der Waals surface area contributed by atoms with Gasteiger partial charge in [0.05, 0.1) is 25.8 Å². The molecule has 1 aromatic rings. The van der Waals surface area contributed by atoms with Gasteiger partial charge in [-0.15, -0.1) is 0 Å². The van der Waals surface area contributed by atoms with Crippen molar-refractivity contribution in [1.82, 2.24) is 9.80 Å². The summed E-state index contributed by atoms with van der Waals surface area (Å²) in [6.07, 6.45) is 0.288. The van der Waals surface area contributed by atoms with Crippen LogP contribution in [-0.2, 0) is 25.6 Å². The van der Waals surface area contributed by atoms with Crippen LogP contribution in [0.1, 0.15) is 25.8 Å².